The highest BCUT2D eigenvalue weighted by molar-refractivity contribution is 9.10. The van der Waals surface area contributed by atoms with Gasteiger partial charge in [0.05, 0.1) is 0 Å². The SMILES string of the molecule is CC(N)Cc1ccc(N2CCCCCC2C)cc1Br. The lowest BCUT2D eigenvalue weighted by molar-refractivity contribution is 0.616. The summed E-state index contributed by atoms with van der Waals surface area (Å²) in [7, 11) is 0. The molecule has 0 aliphatic carbocycles. The standard InChI is InChI=1S/C16H25BrN2/c1-12(18)10-14-7-8-15(11-16(14)17)19-9-5-3-4-6-13(19)2/h7-8,11-13H,3-6,9-10,18H2,1-2H3. The molecule has 0 radical (unpaired) electrons. The summed E-state index contributed by atoms with van der Waals surface area (Å²) in [6.07, 6.45) is 6.27. The molecule has 1 saturated heterocycles. The van der Waals surface area contributed by atoms with Crippen molar-refractivity contribution < 1.29 is 0 Å². The molecule has 2 unspecified atom stereocenters. The second-order valence-corrected chi connectivity index (χ2v) is 6.70. The van der Waals surface area contributed by atoms with Crippen molar-refractivity contribution in [3.8, 4) is 0 Å². The minimum atomic E-state index is 0.208. The summed E-state index contributed by atoms with van der Waals surface area (Å²) in [5.74, 6) is 0. The van der Waals surface area contributed by atoms with Gasteiger partial charge in [0.25, 0.3) is 0 Å². The lowest BCUT2D eigenvalue weighted by Crippen LogP contribution is -2.32. The van der Waals surface area contributed by atoms with Crippen LogP contribution in [0.25, 0.3) is 0 Å². The van der Waals surface area contributed by atoms with E-state index in [0.717, 1.165) is 6.42 Å². The van der Waals surface area contributed by atoms with Crippen LogP contribution in [0.2, 0.25) is 0 Å². The van der Waals surface area contributed by atoms with Crippen LogP contribution in [0, 0.1) is 0 Å². The van der Waals surface area contributed by atoms with E-state index in [9.17, 15) is 0 Å². The van der Waals surface area contributed by atoms with E-state index in [2.05, 4.69) is 52.9 Å². The molecule has 1 fully saturated rings. The Labute approximate surface area is 125 Å². The number of rotatable bonds is 3. The van der Waals surface area contributed by atoms with Gasteiger partial charge in [0.2, 0.25) is 0 Å². The van der Waals surface area contributed by atoms with Gasteiger partial charge >= 0.3 is 0 Å². The summed E-state index contributed by atoms with van der Waals surface area (Å²) in [6.45, 7) is 5.58. The van der Waals surface area contributed by atoms with Crippen LogP contribution in [0.15, 0.2) is 22.7 Å². The van der Waals surface area contributed by atoms with Gasteiger partial charge in [0, 0.05) is 28.8 Å². The third-order valence-corrected chi connectivity index (χ3v) is 4.70. The summed E-state index contributed by atoms with van der Waals surface area (Å²) in [5, 5.41) is 0. The smallest absolute Gasteiger partial charge is 0.0380 e. The summed E-state index contributed by atoms with van der Waals surface area (Å²) >= 11 is 3.70. The van der Waals surface area contributed by atoms with E-state index in [1.807, 2.05) is 0 Å². The van der Waals surface area contributed by atoms with Gasteiger partial charge in [-0.15, -0.1) is 0 Å². The molecule has 0 saturated carbocycles. The van der Waals surface area contributed by atoms with Crippen LogP contribution >= 0.6 is 15.9 Å². The van der Waals surface area contributed by atoms with Crippen molar-refractivity contribution in [1.82, 2.24) is 0 Å². The maximum Gasteiger partial charge on any atom is 0.0380 e. The van der Waals surface area contributed by atoms with Gasteiger partial charge in [0.1, 0.15) is 0 Å². The Morgan fingerprint density at radius 1 is 1.37 bits per heavy atom. The zero-order valence-electron chi connectivity index (χ0n) is 12.0. The molecular formula is C16H25BrN2. The summed E-state index contributed by atoms with van der Waals surface area (Å²) in [4.78, 5) is 2.55. The molecule has 2 rings (SSSR count). The molecule has 2 atom stereocenters. The van der Waals surface area contributed by atoms with Crippen molar-refractivity contribution >= 4 is 21.6 Å². The van der Waals surface area contributed by atoms with Gasteiger partial charge in [-0.05, 0) is 50.8 Å². The Balaban J connectivity index is 2.18. The van der Waals surface area contributed by atoms with Crippen molar-refractivity contribution in [3.63, 3.8) is 0 Å². The lowest BCUT2D eigenvalue weighted by atomic mass is 10.1. The molecule has 1 aromatic carbocycles. The van der Waals surface area contributed by atoms with Crippen LogP contribution in [-0.4, -0.2) is 18.6 Å². The highest BCUT2D eigenvalue weighted by atomic mass is 79.9. The summed E-state index contributed by atoms with van der Waals surface area (Å²) < 4.78 is 1.19. The number of nitrogens with two attached hydrogens (primary N) is 1. The van der Waals surface area contributed by atoms with Crippen molar-refractivity contribution in [1.29, 1.82) is 0 Å². The average Bonchev–Trinajstić information content (AvgIpc) is 2.56. The first-order valence-electron chi connectivity index (χ1n) is 7.38. The molecule has 1 aliphatic heterocycles. The summed E-state index contributed by atoms with van der Waals surface area (Å²) in [6, 6.07) is 7.59. The van der Waals surface area contributed by atoms with E-state index in [4.69, 9.17) is 5.73 Å². The number of nitrogens with zero attached hydrogens (tertiary/aromatic N) is 1. The Morgan fingerprint density at radius 2 is 2.16 bits per heavy atom. The van der Waals surface area contributed by atoms with Crippen molar-refractivity contribution in [3.05, 3.63) is 28.2 Å². The number of benzene rings is 1. The molecule has 106 valence electrons. The van der Waals surface area contributed by atoms with Crippen molar-refractivity contribution in [2.45, 2.75) is 58.0 Å². The van der Waals surface area contributed by atoms with Gasteiger partial charge in [-0.1, -0.05) is 34.8 Å². The van der Waals surface area contributed by atoms with Gasteiger partial charge in [-0.2, -0.15) is 0 Å². The van der Waals surface area contributed by atoms with E-state index in [-0.39, 0.29) is 6.04 Å². The Kier molecular flexibility index (Phi) is 5.28. The molecule has 0 bridgehead atoms. The first kappa shape index (κ1) is 14.9. The molecule has 0 aromatic heterocycles. The molecule has 0 amide bonds. The fourth-order valence-corrected chi connectivity index (χ4v) is 3.41. The first-order valence-corrected chi connectivity index (χ1v) is 8.18. The molecule has 0 spiro atoms. The van der Waals surface area contributed by atoms with Crippen LogP contribution in [0.5, 0.6) is 0 Å². The number of halogens is 1. The van der Waals surface area contributed by atoms with Crippen LogP contribution in [0.4, 0.5) is 5.69 Å². The Morgan fingerprint density at radius 3 is 2.84 bits per heavy atom. The van der Waals surface area contributed by atoms with Gasteiger partial charge in [0.15, 0.2) is 0 Å². The number of hydrogen-bond acceptors (Lipinski definition) is 2. The van der Waals surface area contributed by atoms with E-state index >= 15 is 0 Å². The minimum Gasteiger partial charge on any atom is -0.369 e. The zero-order chi connectivity index (χ0) is 13.8. The largest absolute Gasteiger partial charge is 0.369 e. The molecule has 2 N–H and O–H groups in total. The third-order valence-electron chi connectivity index (χ3n) is 3.96. The Bertz CT molecular complexity index is 417. The highest BCUT2D eigenvalue weighted by Crippen LogP contribution is 2.29. The van der Waals surface area contributed by atoms with E-state index < -0.39 is 0 Å². The lowest BCUT2D eigenvalue weighted by Gasteiger charge is -2.30. The molecule has 3 heteroatoms. The molecule has 2 nitrogen and oxygen atoms in total. The fourth-order valence-electron chi connectivity index (χ4n) is 2.89. The molecule has 1 aromatic rings. The maximum atomic E-state index is 5.89. The first-order chi connectivity index (χ1) is 9.08. The van der Waals surface area contributed by atoms with Gasteiger partial charge in [-0.3, -0.25) is 0 Å². The third kappa shape index (κ3) is 3.96. The second-order valence-electron chi connectivity index (χ2n) is 5.85. The van der Waals surface area contributed by atoms with E-state index in [1.54, 1.807) is 0 Å². The number of anilines is 1. The molecule has 1 aliphatic rings. The normalized spacial score (nSPS) is 22.1. The van der Waals surface area contributed by atoms with E-state index in [0.29, 0.717) is 6.04 Å². The van der Waals surface area contributed by atoms with Crippen LogP contribution in [0.3, 0.4) is 0 Å². The topological polar surface area (TPSA) is 29.3 Å². The molecule has 1 heterocycles. The zero-order valence-corrected chi connectivity index (χ0v) is 13.6. The summed E-state index contributed by atoms with van der Waals surface area (Å²) in [5.41, 5.74) is 8.53. The highest BCUT2D eigenvalue weighted by Gasteiger charge is 2.18. The second kappa shape index (κ2) is 6.76. The van der Waals surface area contributed by atoms with Gasteiger partial charge < -0.3 is 10.6 Å². The number of hydrogen-bond donors (Lipinski definition) is 1. The van der Waals surface area contributed by atoms with Crippen LogP contribution in [-0.2, 0) is 6.42 Å². The predicted molar refractivity (Wildman–Crippen MR) is 86.8 cm³/mol. The molecular weight excluding hydrogens is 300 g/mol. The van der Waals surface area contributed by atoms with Gasteiger partial charge in [-0.25, -0.2) is 0 Å². The van der Waals surface area contributed by atoms with Crippen LogP contribution in [0.1, 0.15) is 45.1 Å². The fraction of sp³-hybridized carbons (Fsp3) is 0.625. The molecule has 19 heavy (non-hydrogen) atoms. The van der Waals surface area contributed by atoms with Crippen LogP contribution < -0.4 is 10.6 Å². The quantitative estimate of drug-likeness (QED) is 0.906. The van der Waals surface area contributed by atoms with Crippen molar-refractivity contribution in [2.75, 3.05) is 11.4 Å². The Hall–Kier alpha value is -0.540. The monoisotopic (exact) mass is 324 g/mol. The van der Waals surface area contributed by atoms with Crippen molar-refractivity contribution in [2.24, 2.45) is 5.73 Å². The average molecular weight is 325 g/mol. The maximum absolute atomic E-state index is 5.89. The predicted octanol–water partition coefficient (Wildman–Crippen LogP) is 4.11. The van der Waals surface area contributed by atoms with E-state index in [1.165, 1.54) is 48.0 Å². The minimum absolute atomic E-state index is 0.208.